The van der Waals surface area contributed by atoms with Crippen molar-refractivity contribution in [1.29, 1.82) is 0 Å². The van der Waals surface area contributed by atoms with E-state index in [-0.39, 0.29) is 43.9 Å². The van der Waals surface area contributed by atoms with Gasteiger partial charge in [-0.25, -0.2) is 17.9 Å². The van der Waals surface area contributed by atoms with Crippen molar-refractivity contribution in [3.05, 3.63) is 77.9 Å². The Morgan fingerprint density at radius 3 is 2.64 bits per heavy atom. The molecule has 16 nitrogen and oxygen atoms in total. The fourth-order valence-corrected chi connectivity index (χ4v) is 8.66. The topological polar surface area (TPSA) is 208 Å². The molecule has 8 rings (SSSR count). The second-order valence-electron chi connectivity index (χ2n) is 14.7. The SMILES string of the molecule is C=CC1CC1(NC(=O)[C@@H]1C[C@@H]2CN1C(=O)[C@H](C(C)C)NC(=O)OC/C=C/CCOc1cnn2c(=O)c1-c1cccc2ncccc12)C(=O)NS(=O)(=O)C1CC1. The van der Waals surface area contributed by atoms with Gasteiger partial charge >= 0.3 is 6.09 Å². The van der Waals surface area contributed by atoms with E-state index < -0.39 is 80.1 Å². The molecule has 4 bridgehead atoms. The number of pyridine rings is 1. The normalized spacial score (nSPS) is 26.3. The van der Waals surface area contributed by atoms with Crippen LogP contribution in [0.4, 0.5) is 4.79 Å². The predicted octanol–water partition coefficient (Wildman–Crippen LogP) is 2.36. The van der Waals surface area contributed by atoms with Crippen LogP contribution in [-0.2, 0) is 29.1 Å². The average Bonchev–Trinajstić information content (AvgIpc) is 4.09. The molecule has 5 heterocycles. The zero-order chi connectivity index (χ0) is 39.1. The van der Waals surface area contributed by atoms with Crippen LogP contribution in [0.25, 0.3) is 22.0 Å². The summed E-state index contributed by atoms with van der Waals surface area (Å²) in [6, 6.07) is 5.78. The molecule has 4 amide bonds. The minimum Gasteiger partial charge on any atom is -0.491 e. The number of benzene rings is 1. The third-order valence-corrected chi connectivity index (χ3v) is 12.4. The lowest BCUT2D eigenvalue weighted by atomic mass is 10.0. The lowest BCUT2D eigenvalue weighted by molar-refractivity contribution is -0.141. The number of carbonyl (C=O) groups excluding carboxylic acids is 4. The molecule has 290 valence electrons. The Hall–Kier alpha value is -5.58. The van der Waals surface area contributed by atoms with Crippen molar-refractivity contribution in [3.8, 4) is 16.9 Å². The molecule has 5 atom stereocenters. The number of rotatable bonds is 8. The zero-order valence-corrected chi connectivity index (χ0v) is 31.3. The van der Waals surface area contributed by atoms with Gasteiger partial charge in [0, 0.05) is 36.0 Å². The van der Waals surface area contributed by atoms with Gasteiger partial charge in [-0.2, -0.15) is 5.10 Å². The van der Waals surface area contributed by atoms with E-state index >= 15 is 0 Å². The van der Waals surface area contributed by atoms with Gasteiger partial charge < -0.3 is 25.0 Å². The number of sulfonamides is 1. The highest BCUT2D eigenvalue weighted by Crippen LogP contribution is 2.46. The fraction of sp³-hybridized carbons (Fsp3) is 0.447. The molecule has 3 aliphatic heterocycles. The van der Waals surface area contributed by atoms with Crippen LogP contribution in [0.1, 0.15) is 52.0 Å². The Kier molecular flexibility index (Phi) is 10.2. The van der Waals surface area contributed by atoms with Crippen molar-refractivity contribution in [2.75, 3.05) is 19.8 Å². The lowest BCUT2D eigenvalue weighted by Crippen LogP contribution is -2.59. The van der Waals surface area contributed by atoms with E-state index in [1.165, 1.54) is 21.9 Å². The van der Waals surface area contributed by atoms with Crippen LogP contribution in [0.15, 0.2) is 72.3 Å². The van der Waals surface area contributed by atoms with Gasteiger partial charge in [0.15, 0.2) is 5.75 Å². The van der Waals surface area contributed by atoms with Crippen LogP contribution in [-0.4, -0.2) is 94.5 Å². The van der Waals surface area contributed by atoms with E-state index in [2.05, 4.69) is 32.0 Å². The van der Waals surface area contributed by atoms with E-state index in [4.69, 9.17) is 9.47 Å². The largest absolute Gasteiger partial charge is 0.491 e. The molecule has 2 aromatic heterocycles. The summed E-state index contributed by atoms with van der Waals surface area (Å²) in [5, 5.41) is 9.91. The standard InChI is InChI=1S/C38H43N7O9S/c1-4-23-19-38(23,36(49)43-55(51,52)25-13-14-25)42-33(46)29-18-24-21-44(29)35(48)32(22(2)3)41-37(50)54-17-7-5-6-16-53-30-20-40-45(24)34(47)31(30)27-10-8-12-28-26(27)11-9-15-39-28/h4-5,7-12,15,20,22-25,29,32H,1,6,13-14,16-19,21H2,2-3H3,(H,41,50)(H,42,46)(H,43,49)/b7-5+/t23?,24-,29+,32+,38?/m1/s1. The smallest absolute Gasteiger partial charge is 0.408 e. The lowest BCUT2D eigenvalue weighted by Gasteiger charge is -2.31. The van der Waals surface area contributed by atoms with E-state index in [1.54, 1.807) is 50.4 Å². The first kappa shape index (κ1) is 37.7. The van der Waals surface area contributed by atoms with Gasteiger partial charge in [-0.3, -0.25) is 28.9 Å². The number of hydrogen-bond acceptors (Lipinski definition) is 11. The molecule has 2 unspecified atom stereocenters. The van der Waals surface area contributed by atoms with Crippen LogP contribution < -0.4 is 25.7 Å². The van der Waals surface area contributed by atoms with Gasteiger partial charge in [0.25, 0.3) is 11.5 Å². The van der Waals surface area contributed by atoms with E-state index in [9.17, 15) is 32.4 Å². The van der Waals surface area contributed by atoms with E-state index in [1.807, 2.05) is 12.1 Å². The number of aromatic nitrogens is 3. The Morgan fingerprint density at radius 1 is 1.11 bits per heavy atom. The Balaban J connectivity index is 1.29. The molecule has 1 saturated heterocycles. The van der Waals surface area contributed by atoms with Crippen molar-refractivity contribution in [3.63, 3.8) is 0 Å². The van der Waals surface area contributed by atoms with Gasteiger partial charge in [-0.15, -0.1) is 6.58 Å². The second kappa shape index (κ2) is 14.9. The Bertz CT molecular complexity index is 2250. The van der Waals surface area contributed by atoms with Crippen molar-refractivity contribution < 1.29 is 37.1 Å². The minimum atomic E-state index is -3.94. The third-order valence-electron chi connectivity index (χ3n) is 10.6. The van der Waals surface area contributed by atoms with Gasteiger partial charge in [0.05, 0.1) is 35.2 Å². The van der Waals surface area contributed by atoms with Crippen LogP contribution in [0.3, 0.4) is 0 Å². The molecule has 17 heteroatoms. The maximum Gasteiger partial charge on any atom is 0.408 e. The summed E-state index contributed by atoms with van der Waals surface area (Å²) in [4.78, 5) is 75.5. The molecule has 1 aromatic carbocycles. The molecule has 3 N–H and O–H groups in total. The van der Waals surface area contributed by atoms with Crippen molar-refractivity contribution in [1.82, 2.24) is 35.0 Å². The maximum atomic E-state index is 14.7. The molecular weight excluding hydrogens is 731 g/mol. The van der Waals surface area contributed by atoms with Crippen molar-refractivity contribution in [2.45, 2.75) is 74.9 Å². The quantitative estimate of drug-likeness (QED) is 0.283. The number of fused-ring (bicyclic) bond motifs is 12. The second-order valence-corrected chi connectivity index (χ2v) is 16.6. The highest BCUT2D eigenvalue weighted by Gasteiger charge is 2.62. The van der Waals surface area contributed by atoms with Gasteiger partial charge in [0.1, 0.15) is 24.2 Å². The Labute approximate surface area is 317 Å². The number of amides is 4. The summed E-state index contributed by atoms with van der Waals surface area (Å²) in [5.41, 5.74) is -0.707. The van der Waals surface area contributed by atoms with Gasteiger partial charge in [0.2, 0.25) is 21.8 Å². The van der Waals surface area contributed by atoms with Crippen LogP contribution in [0.5, 0.6) is 5.75 Å². The number of hydrogen-bond donors (Lipinski definition) is 3. The van der Waals surface area contributed by atoms with Gasteiger partial charge in [-0.1, -0.05) is 50.3 Å². The van der Waals surface area contributed by atoms with Gasteiger partial charge in [-0.05, 0) is 43.7 Å². The average molecular weight is 774 g/mol. The maximum absolute atomic E-state index is 14.7. The zero-order valence-electron chi connectivity index (χ0n) is 30.5. The molecular formula is C38H43N7O9S. The summed E-state index contributed by atoms with van der Waals surface area (Å²) >= 11 is 0. The van der Waals surface area contributed by atoms with Crippen molar-refractivity contribution in [2.24, 2.45) is 11.8 Å². The van der Waals surface area contributed by atoms with Crippen molar-refractivity contribution >= 4 is 44.7 Å². The summed E-state index contributed by atoms with van der Waals surface area (Å²) in [6.07, 6.45) is 8.40. The van der Waals surface area contributed by atoms with Crippen LogP contribution in [0, 0.1) is 11.8 Å². The Morgan fingerprint density at radius 2 is 1.91 bits per heavy atom. The predicted molar refractivity (Wildman–Crippen MR) is 200 cm³/mol. The number of carbonyl (C=O) groups is 4. The number of nitrogens with zero attached hydrogens (tertiary/aromatic N) is 4. The molecule has 2 saturated carbocycles. The first-order chi connectivity index (χ1) is 26.3. The summed E-state index contributed by atoms with van der Waals surface area (Å²) in [7, 11) is -3.94. The third kappa shape index (κ3) is 7.44. The molecule has 0 spiro atoms. The highest BCUT2D eigenvalue weighted by molar-refractivity contribution is 7.91. The molecule has 5 aliphatic rings. The summed E-state index contributed by atoms with van der Waals surface area (Å²) in [6.45, 7) is 7.14. The number of nitrogens with one attached hydrogen (secondary N) is 3. The number of ether oxygens (including phenoxy) is 2. The molecule has 2 aliphatic carbocycles. The van der Waals surface area contributed by atoms with E-state index in [0.717, 1.165) is 0 Å². The molecule has 3 aromatic rings. The summed E-state index contributed by atoms with van der Waals surface area (Å²) in [5.74, 6) is -3.05. The summed E-state index contributed by atoms with van der Waals surface area (Å²) < 4.78 is 40.2. The fourth-order valence-electron chi connectivity index (χ4n) is 7.30. The molecule has 55 heavy (non-hydrogen) atoms. The first-order valence-electron chi connectivity index (χ1n) is 18.3. The highest BCUT2D eigenvalue weighted by atomic mass is 32.2. The van der Waals surface area contributed by atoms with Crippen LogP contribution in [0.2, 0.25) is 0 Å². The molecule has 3 fully saturated rings. The molecule has 0 radical (unpaired) electrons. The monoisotopic (exact) mass is 773 g/mol. The van der Waals surface area contributed by atoms with E-state index in [0.29, 0.717) is 35.7 Å². The van der Waals surface area contributed by atoms with Crippen LogP contribution >= 0.6 is 0 Å². The first-order valence-corrected chi connectivity index (χ1v) is 19.9. The minimum absolute atomic E-state index is 0.0847. The number of alkyl carbamates (subject to hydrolysis) is 1.